The molecule has 0 spiro atoms. The number of carbonyl (C=O) groups excluding carboxylic acids is 2. The van der Waals surface area contributed by atoms with Crippen molar-refractivity contribution >= 4 is 22.5 Å². The van der Waals surface area contributed by atoms with Gasteiger partial charge in [-0.25, -0.2) is 0 Å². The third kappa shape index (κ3) is 1.61. The van der Waals surface area contributed by atoms with E-state index < -0.39 is 0 Å². The van der Waals surface area contributed by atoms with E-state index in [1.807, 2.05) is 0 Å². The molecule has 5 nitrogen and oxygen atoms in total. The van der Waals surface area contributed by atoms with Gasteiger partial charge in [0, 0.05) is 11.1 Å². The number of hydrogen-bond acceptors (Lipinski definition) is 5. The van der Waals surface area contributed by atoms with Crippen molar-refractivity contribution in [1.82, 2.24) is 0 Å². The second-order valence-corrected chi connectivity index (χ2v) is 5.18. The molecule has 1 aliphatic carbocycles. The van der Waals surface area contributed by atoms with Gasteiger partial charge < -0.3 is 13.9 Å². The number of fused-ring (bicyclic) bond motifs is 3. The fourth-order valence-electron chi connectivity index (χ4n) is 3.13. The van der Waals surface area contributed by atoms with Gasteiger partial charge in [0.2, 0.25) is 0 Å². The predicted molar refractivity (Wildman–Crippen MR) is 82.6 cm³/mol. The first kappa shape index (κ1) is 13.6. The van der Waals surface area contributed by atoms with Crippen molar-refractivity contribution in [3.8, 4) is 11.5 Å². The molecule has 114 valence electrons. The van der Waals surface area contributed by atoms with Gasteiger partial charge in [-0.1, -0.05) is 24.3 Å². The van der Waals surface area contributed by atoms with E-state index >= 15 is 0 Å². The van der Waals surface area contributed by atoms with Crippen molar-refractivity contribution in [2.24, 2.45) is 0 Å². The van der Waals surface area contributed by atoms with Crippen LogP contribution in [0.4, 0.5) is 0 Å². The molecule has 0 amide bonds. The molecule has 3 aromatic rings. The molecule has 0 saturated heterocycles. The van der Waals surface area contributed by atoms with Gasteiger partial charge in [0.15, 0.2) is 22.9 Å². The summed E-state index contributed by atoms with van der Waals surface area (Å²) < 4.78 is 16.3. The van der Waals surface area contributed by atoms with Crippen LogP contribution in [0.15, 0.2) is 41.0 Å². The molecular weight excluding hydrogens is 296 g/mol. The Morgan fingerprint density at radius 2 is 1.39 bits per heavy atom. The molecule has 0 unspecified atom stereocenters. The summed E-state index contributed by atoms with van der Waals surface area (Å²) in [4.78, 5) is 25.9. The second-order valence-electron chi connectivity index (χ2n) is 5.18. The van der Waals surface area contributed by atoms with E-state index in [2.05, 4.69) is 0 Å². The molecule has 0 saturated carbocycles. The molecule has 0 N–H and O–H groups in total. The van der Waals surface area contributed by atoms with Crippen molar-refractivity contribution in [3.63, 3.8) is 0 Å². The van der Waals surface area contributed by atoms with E-state index in [0.29, 0.717) is 27.8 Å². The number of ether oxygens (including phenoxy) is 2. The third-order valence-electron chi connectivity index (χ3n) is 4.10. The maximum atomic E-state index is 12.9. The van der Waals surface area contributed by atoms with Gasteiger partial charge in [0.1, 0.15) is 5.75 Å². The highest BCUT2D eigenvalue weighted by Gasteiger charge is 2.37. The van der Waals surface area contributed by atoms with Crippen LogP contribution in [0.5, 0.6) is 11.5 Å². The summed E-state index contributed by atoms with van der Waals surface area (Å²) in [6, 6.07) is 8.43. The summed E-state index contributed by atoms with van der Waals surface area (Å²) in [5.74, 6) is 0.0585. The highest BCUT2D eigenvalue weighted by atomic mass is 16.5. The van der Waals surface area contributed by atoms with E-state index in [4.69, 9.17) is 13.9 Å². The van der Waals surface area contributed by atoms with Crippen LogP contribution in [0.25, 0.3) is 11.0 Å². The smallest absolute Gasteiger partial charge is 0.198 e. The summed E-state index contributed by atoms with van der Waals surface area (Å²) >= 11 is 0. The van der Waals surface area contributed by atoms with Crippen LogP contribution in [0.1, 0.15) is 31.8 Å². The Bertz CT molecular complexity index is 903. The Balaban J connectivity index is 2.20. The maximum Gasteiger partial charge on any atom is 0.198 e. The molecule has 0 bridgehead atoms. The quantitative estimate of drug-likeness (QED) is 0.569. The zero-order valence-electron chi connectivity index (χ0n) is 12.5. The van der Waals surface area contributed by atoms with Crippen LogP contribution >= 0.6 is 0 Å². The van der Waals surface area contributed by atoms with E-state index in [9.17, 15) is 9.59 Å². The molecule has 0 fully saturated rings. The van der Waals surface area contributed by atoms with Crippen LogP contribution in [-0.4, -0.2) is 25.8 Å². The van der Waals surface area contributed by atoms with Crippen molar-refractivity contribution < 1.29 is 23.5 Å². The highest BCUT2D eigenvalue weighted by Crippen LogP contribution is 2.45. The number of methoxy groups -OCH3 is 2. The lowest BCUT2D eigenvalue weighted by Gasteiger charge is -2.22. The number of hydrogen-bond donors (Lipinski definition) is 0. The number of rotatable bonds is 2. The van der Waals surface area contributed by atoms with Gasteiger partial charge in [0.25, 0.3) is 0 Å². The minimum absolute atomic E-state index is 0.190. The summed E-state index contributed by atoms with van der Waals surface area (Å²) in [5, 5.41) is 0.601. The van der Waals surface area contributed by atoms with E-state index in [0.717, 1.165) is 0 Å². The molecule has 0 aliphatic heterocycles. The Morgan fingerprint density at radius 3 is 1.96 bits per heavy atom. The van der Waals surface area contributed by atoms with Crippen LogP contribution in [0, 0.1) is 0 Å². The van der Waals surface area contributed by atoms with E-state index in [1.54, 1.807) is 30.3 Å². The van der Waals surface area contributed by atoms with Crippen molar-refractivity contribution in [3.05, 3.63) is 58.8 Å². The molecule has 1 heterocycles. The largest absolute Gasteiger partial charge is 0.495 e. The fourth-order valence-corrected chi connectivity index (χ4v) is 3.13. The summed E-state index contributed by atoms with van der Waals surface area (Å²) in [5.41, 5.74) is 1.53. The molecule has 4 rings (SSSR count). The predicted octanol–water partition coefficient (Wildman–Crippen LogP) is 3.23. The van der Waals surface area contributed by atoms with Crippen LogP contribution in [-0.2, 0) is 0 Å². The Labute approximate surface area is 131 Å². The number of carbonyl (C=O) groups is 2. The molecule has 5 heteroatoms. The lowest BCUT2D eigenvalue weighted by Crippen LogP contribution is -2.22. The molecule has 23 heavy (non-hydrogen) atoms. The van der Waals surface area contributed by atoms with Gasteiger partial charge in [-0.15, -0.1) is 0 Å². The zero-order chi connectivity index (χ0) is 16.1. The van der Waals surface area contributed by atoms with Gasteiger partial charge in [0.05, 0.1) is 37.0 Å². The minimum atomic E-state index is -0.274. The van der Waals surface area contributed by atoms with Crippen LogP contribution in [0.3, 0.4) is 0 Å². The average molecular weight is 308 g/mol. The lowest BCUT2D eigenvalue weighted by molar-refractivity contribution is 0.0974. The molecule has 0 radical (unpaired) electrons. The number of ketones is 2. The average Bonchev–Trinajstić information content (AvgIpc) is 3.06. The Morgan fingerprint density at radius 1 is 0.826 bits per heavy atom. The molecule has 1 aliphatic rings. The minimum Gasteiger partial charge on any atom is -0.495 e. The Hall–Kier alpha value is -3.08. The number of furan rings is 1. The highest BCUT2D eigenvalue weighted by molar-refractivity contribution is 6.32. The monoisotopic (exact) mass is 308 g/mol. The molecule has 0 atom stereocenters. The third-order valence-corrected chi connectivity index (χ3v) is 4.10. The van der Waals surface area contributed by atoms with Crippen molar-refractivity contribution in [2.75, 3.05) is 14.2 Å². The molecule has 1 aromatic heterocycles. The molecular formula is C18H12O5. The number of benzene rings is 2. The summed E-state index contributed by atoms with van der Waals surface area (Å²) in [6.45, 7) is 0. The fraction of sp³-hybridized carbons (Fsp3) is 0.111. The van der Waals surface area contributed by atoms with E-state index in [1.165, 1.54) is 20.5 Å². The molecule has 2 aromatic carbocycles. The SMILES string of the molecule is COc1c2c(c(OC)c3occc13)C(=O)c1ccccc1C2=O. The standard InChI is InChI=1S/C18H12O5/c1-21-16-11-7-8-23-17(11)18(22-2)13-12(16)14(19)9-5-3-4-6-10(9)15(13)20/h3-8H,1-2H3. The normalized spacial score (nSPS) is 13.0. The van der Waals surface area contributed by atoms with Gasteiger partial charge in [-0.05, 0) is 6.07 Å². The van der Waals surface area contributed by atoms with Crippen LogP contribution < -0.4 is 9.47 Å². The summed E-state index contributed by atoms with van der Waals surface area (Å²) in [7, 11) is 2.91. The van der Waals surface area contributed by atoms with Gasteiger partial charge in [-0.3, -0.25) is 9.59 Å². The van der Waals surface area contributed by atoms with E-state index in [-0.39, 0.29) is 28.4 Å². The zero-order valence-corrected chi connectivity index (χ0v) is 12.5. The van der Waals surface area contributed by atoms with Crippen molar-refractivity contribution in [2.45, 2.75) is 0 Å². The maximum absolute atomic E-state index is 12.9. The first-order chi connectivity index (χ1) is 11.2. The van der Waals surface area contributed by atoms with Gasteiger partial charge in [-0.2, -0.15) is 0 Å². The summed E-state index contributed by atoms with van der Waals surface area (Å²) in [6.07, 6.45) is 1.48. The first-order valence-electron chi connectivity index (χ1n) is 7.02. The van der Waals surface area contributed by atoms with Gasteiger partial charge >= 0.3 is 0 Å². The first-order valence-corrected chi connectivity index (χ1v) is 7.02. The topological polar surface area (TPSA) is 65.7 Å². The van der Waals surface area contributed by atoms with Crippen LogP contribution in [0.2, 0.25) is 0 Å². The lowest BCUT2D eigenvalue weighted by atomic mass is 9.82. The second kappa shape index (κ2) is 4.71. The van der Waals surface area contributed by atoms with Crippen molar-refractivity contribution in [1.29, 1.82) is 0 Å². The Kier molecular flexibility index (Phi) is 2.78.